The normalized spacial score (nSPS) is 23.1. The Hall–Kier alpha value is -1.28. The number of ether oxygens (including phenoxy) is 1. The molecule has 0 atom stereocenters. The van der Waals surface area contributed by atoms with E-state index < -0.39 is 13.0 Å². The molecule has 1 aliphatic heterocycles. The van der Waals surface area contributed by atoms with Gasteiger partial charge in [-0.25, -0.2) is 13.8 Å². The van der Waals surface area contributed by atoms with Crippen molar-refractivity contribution >= 4 is 17.2 Å². The minimum atomic E-state index is -2.47. The molecule has 2 heterocycles. The molecule has 3 rings (SSSR count). The number of carbonyl (C=O) groups excluding carboxylic acids is 1. The molecule has 1 amide bonds. The Morgan fingerprint density at radius 2 is 2.07 bits per heavy atom. The van der Waals surface area contributed by atoms with Gasteiger partial charge in [0.25, 0.3) is 11.6 Å². The summed E-state index contributed by atoms with van der Waals surface area (Å²) in [6.45, 7) is 6.09. The largest absolute Gasteiger partial charge is 0.464 e. The second-order valence-electron chi connectivity index (χ2n) is 8.25. The van der Waals surface area contributed by atoms with Crippen molar-refractivity contribution in [2.24, 2.45) is 11.8 Å². The number of thiazole rings is 1. The maximum absolute atomic E-state index is 12.3. The van der Waals surface area contributed by atoms with Gasteiger partial charge in [-0.2, -0.15) is 0 Å². The van der Waals surface area contributed by atoms with E-state index in [1.54, 1.807) is 0 Å². The predicted molar refractivity (Wildman–Crippen MR) is 106 cm³/mol. The molecule has 0 aromatic carbocycles. The molecular weight excluding hydrogens is 384 g/mol. The number of hydrogen-bond donors (Lipinski definition) is 1. The molecule has 1 saturated carbocycles. The van der Waals surface area contributed by atoms with E-state index in [-0.39, 0.29) is 11.8 Å². The molecule has 1 N–H and O–H groups in total. The smallest absolute Gasteiger partial charge is 0.273 e. The van der Waals surface area contributed by atoms with Gasteiger partial charge in [0.2, 0.25) is 5.91 Å². The van der Waals surface area contributed by atoms with Crippen LogP contribution in [0, 0.1) is 11.8 Å². The van der Waals surface area contributed by atoms with Crippen LogP contribution < -0.4 is 10.1 Å². The number of amides is 1. The Labute approximate surface area is 169 Å². The summed E-state index contributed by atoms with van der Waals surface area (Å²) >= 11 is 1.40. The summed E-state index contributed by atoms with van der Waals surface area (Å²) in [5, 5.41) is 3.53. The van der Waals surface area contributed by atoms with Crippen LogP contribution in [0.15, 0.2) is 0 Å². The number of rotatable bonds is 8. The molecule has 1 aromatic heterocycles. The number of aromatic nitrogens is 1. The van der Waals surface area contributed by atoms with Gasteiger partial charge in [0.05, 0.1) is 5.69 Å². The Morgan fingerprint density at radius 1 is 1.32 bits per heavy atom. The van der Waals surface area contributed by atoms with Crippen molar-refractivity contribution < 1.29 is 18.3 Å². The van der Waals surface area contributed by atoms with Gasteiger partial charge in [-0.3, -0.25) is 9.69 Å². The summed E-state index contributed by atoms with van der Waals surface area (Å²) in [6, 6.07) is 0.338. The first kappa shape index (κ1) is 21.4. The number of halogens is 2. The molecule has 0 radical (unpaired) electrons. The predicted octanol–water partition coefficient (Wildman–Crippen LogP) is 3.87. The topological polar surface area (TPSA) is 54.5 Å². The van der Waals surface area contributed by atoms with Gasteiger partial charge in [-0.15, -0.1) is 0 Å². The van der Waals surface area contributed by atoms with Gasteiger partial charge in [0.1, 0.15) is 0 Å². The van der Waals surface area contributed by atoms with Crippen LogP contribution in [0.3, 0.4) is 0 Å². The van der Waals surface area contributed by atoms with Crippen LogP contribution in [0.5, 0.6) is 5.19 Å². The lowest BCUT2D eigenvalue weighted by molar-refractivity contribution is -0.125. The zero-order valence-electron chi connectivity index (χ0n) is 16.8. The summed E-state index contributed by atoms with van der Waals surface area (Å²) in [7, 11) is 0. The fourth-order valence-corrected chi connectivity index (χ4v) is 4.86. The Morgan fingerprint density at radius 3 is 2.75 bits per heavy atom. The van der Waals surface area contributed by atoms with Gasteiger partial charge < -0.3 is 10.1 Å². The molecule has 0 bridgehead atoms. The van der Waals surface area contributed by atoms with Crippen LogP contribution in [0.2, 0.25) is 0 Å². The first-order valence-corrected chi connectivity index (χ1v) is 11.1. The van der Waals surface area contributed by atoms with E-state index in [1.807, 2.05) is 13.8 Å². The van der Waals surface area contributed by atoms with Crippen molar-refractivity contribution in [3.8, 4) is 5.19 Å². The van der Waals surface area contributed by atoms with Crippen molar-refractivity contribution in [3.63, 3.8) is 0 Å². The molecule has 0 saturated heterocycles. The number of carbonyl (C=O) groups is 1. The number of nitrogens with one attached hydrogen (secondary N) is 1. The Kier molecular flexibility index (Phi) is 7.62. The Balaban J connectivity index is 1.38. The molecular formula is C20H31F2N3O2S. The molecule has 0 unspecified atom stereocenters. The quantitative estimate of drug-likeness (QED) is 0.700. The number of alkyl halides is 2. The maximum Gasteiger partial charge on any atom is 0.273 e. The van der Waals surface area contributed by atoms with Gasteiger partial charge in [-0.05, 0) is 51.0 Å². The van der Waals surface area contributed by atoms with Crippen molar-refractivity contribution in [1.29, 1.82) is 0 Å². The van der Waals surface area contributed by atoms with E-state index in [9.17, 15) is 13.6 Å². The zero-order chi connectivity index (χ0) is 20.1. The molecule has 2 aliphatic rings. The first-order valence-electron chi connectivity index (χ1n) is 10.3. The fraction of sp³-hybridized carbons (Fsp3) is 0.800. The molecule has 0 spiro atoms. The zero-order valence-corrected chi connectivity index (χ0v) is 17.6. The van der Waals surface area contributed by atoms with Crippen LogP contribution in [0.4, 0.5) is 8.78 Å². The summed E-state index contributed by atoms with van der Waals surface area (Å²) in [5.41, 5.74) is 0.987. The van der Waals surface area contributed by atoms with E-state index in [1.165, 1.54) is 35.5 Å². The van der Waals surface area contributed by atoms with E-state index in [4.69, 9.17) is 4.74 Å². The monoisotopic (exact) mass is 415 g/mol. The van der Waals surface area contributed by atoms with Crippen LogP contribution in [-0.4, -0.2) is 48.0 Å². The lowest BCUT2D eigenvalue weighted by atomic mass is 9.84. The van der Waals surface area contributed by atoms with Crippen molar-refractivity contribution in [1.82, 2.24) is 15.2 Å². The van der Waals surface area contributed by atoms with Crippen molar-refractivity contribution in [2.75, 3.05) is 19.7 Å². The lowest BCUT2D eigenvalue weighted by Gasteiger charge is -2.32. The maximum atomic E-state index is 12.3. The second-order valence-corrected chi connectivity index (χ2v) is 9.29. The molecule has 1 aromatic rings. The second kappa shape index (κ2) is 9.96. The fourth-order valence-electron chi connectivity index (χ4n) is 3.94. The van der Waals surface area contributed by atoms with Crippen LogP contribution in [0.25, 0.3) is 0 Å². The number of fused-ring (bicyclic) bond motifs is 1. The molecule has 1 aliphatic carbocycles. The molecule has 1 fully saturated rings. The highest BCUT2D eigenvalue weighted by Gasteiger charge is 2.25. The summed E-state index contributed by atoms with van der Waals surface area (Å²) < 4.78 is 29.6. The minimum Gasteiger partial charge on any atom is -0.464 e. The van der Waals surface area contributed by atoms with Crippen molar-refractivity contribution in [3.05, 3.63) is 10.6 Å². The SMILES string of the molecule is CC(C)C(=O)N[C@H]1CC[C@H](CCN2CCc3sc(OCC(F)F)nc3C2)CC1. The standard InChI is InChI=1S/C20H31F2N3O2S/c1-13(2)19(26)23-15-5-3-14(4-6-15)7-9-25-10-8-17-16(11-25)24-20(28-17)27-12-18(21)22/h13-15,18H,3-12H2,1-2H3,(H,23,26)/t14-,15-. The summed E-state index contributed by atoms with van der Waals surface area (Å²) in [5.74, 6) is 0.926. The van der Waals surface area contributed by atoms with E-state index in [2.05, 4.69) is 15.2 Å². The minimum absolute atomic E-state index is 0.0497. The van der Waals surface area contributed by atoms with Crippen LogP contribution in [0.1, 0.15) is 56.5 Å². The van der Waals surface area contributed by atoms with Gasteiger partial charge in [0.15, 0.2) is 6.61 Å². The van der Waals surface area contributed by atoms with Gasteiger partial charge in [-0.1, -0.05) is 25.2 Å². The summed E-state index contributed by atoms with van der Waals surface area (Å²) in [4.78, 5) is 19.8. The van der Waals surface area contributed by atoms with E-state index in [0.717, 1.165) is 44.6 Å². The van der Waals surface area contributed by atoms with Crippen LogP contribution in [-0.2, 0) is 17.8 Å². The average Bonchev–Trinajstić information content (AvgIpc) is 3.08. The number of hydrogen-bond acceptors (Lipinski definition) is 5. The van der Waals surface area contributed by atoms with Crippen LogP contribution >= 0.6 is 11.3 Å². The third kappa shape index (κ3) is 6.11. The highest BCUT2D eigenvalue weighted by atomic mass is 32.1. The molecule has 28 heavy (non-hydrogen) atoms. The highest BCUT2D eigenvalue weighted by Crippen LogP contribution is 2.31. The summed E-state index contributed by atoms with van der Waals surface area (Å²) in [6.07, 6.45) is 4.10. The molecule has 158 valence electrons. The number of nitrogens with zero attached hydrogens (tertiary/aromatic N) is 2. The van der Waals surface area contributed by atoms with Gasteiger partial charge in [0, 0.05) is 29.9 Å². The third-order valence-corrected chi connectivity index (χ3v) is 6.76. The van der Waals surface area contributed by atoms with E-state index >= 15 is 0 Å². The molecule has 5 nitrogen and oxygen atoms in total. The van der Waals surface area contributed by atoms with E-state index in [0.29, 0.717) is 17.2 Å². The molecule has 8 heteroatoms. The van der Waals surface area contributed by atoms with Gasteiger partial charge >= 0.3 is 0 Å². The van der Waals surface area contributed by atoms with Crippen molar-refractivity contribution in [2.45, 2.75) is 71.4 Å². The third-order valence-electron chi connectivity index (χ3n) is 5.69. The first-order chi connectivity index (χ1) is 13.4. The average molecular weight is 416 g/mol. The lowest BCUT2D eigenvalue weighted by Crippen LogP contribution is -2.40. The Bertz CT molecular complexity index is 645. The highest BCUT2D eigenvalue weighted by molar-refractivity contribution is 7.13.